The first-order valence-electron chi connectivity index (χ1n) is 7.57. The number of carbonyl (C=O) groups excluding carboxylic acids is 2. The van der Waals surface area contributed by atoms with Gasteiger partial charge in [0.25, 0.3) is 5.91 Å². The van der Waals surface area contributed by atoms with Crippen LogP contribution >= 0.6 is 23.2 Å². The van der Waals surface area contributed by atoms with Crippen molar-refractivity contribution in [2.24, 2.45) is 0 Å². The molecule has 0 aliphatic rings. The minimum atomic E-state index is -0.244. The summed E-state index contributed by atoms with van der Waals surface area (Å²) < 4.78 is 5.10. The van der Waals surface area contributed by atoms with Crippen LogP contribution in [-0.2, 0) is 4.79 Å². The molecule has 0 aliphatic heterocycles. The van der Waals surface area contributed by atoms with Crippen molar-refractivity contribution in [2.75, 3.05) is 25.1 Å². The van der Waals surface area contributed by atoms with Crippen molar-refractivity contribution in [3.63, 3.8) is 0 Å². The molecular formula is C18H18Cl2N2O3. The number of hydrogen-bond donors (Lipinski definition) is 1. The van der Waals surface area contributed by atoms with E-state index in [2.05, 4.69) is 5.32 Å². The maximum atomic E-state index is 12.2. The summed E-state index contributed by atoms with van der Waals surface area (Å²) in [6.07, 6.45) is 0. The second-order valence-corrected chi connectivity index (χ2v) is 6.16. The Morgan fingerprint density at radius 3 is 2.40 bits per heavy atom. The average molecular weight is 381 g/mol. The van der Waals surface area contributed by atoms with E-state index in [1.807, 2.05) is 0 Å². The molecule has 0 radical (unpaired) electrons. The molecule has 25 heavy (non-hydrogen) atoms. The van der Waals surface area contributed by atoms with E-state index in [9.17, 15) is 9.59 Å². The first-order valence-corrected chi connectivity index (χ1v) is 8.32. The molecule has 0 fully saturated rings. The fourth-order valence-corrected chi connectivity index (χ4v) is 2.83. The second kappa shape index (κ2) is 8.74. The van der Waals surface area contributed by atoms with E-state index in [-0.39, 0.29) is 18.4 Å². The number of rotatable bonds is 6. The summed E-state index contributed by atoms with van der Waals surface area (Å²) in [4.78, 5) is 25.6. The Hall–Kier alpha value is -2.24. The van der Waals surface area contributed by atoms with Crippen LogP contribution in [-0.4, -0.2) is 32.0 Å². The zero-order chi connectivity index (χ0) is 18.4. The van der Waals surface area contributed by atoms with Crippen molar-refractivity contribution in [3.8, 4) is 5.75 Å². The molecule has 2 amide bonds. The van der Waals surface area contributed by atoms with Crippen molar-refractivity contribution in [2.45, 2.75) is 6.92 Å². The number of amides is 2. The molecule has 0 unspecified atom stereocenters. The van der Waals surface area contributed by atoms with Crippen molar-refractivity contribution in [1.82, 2.24) is 5.32 Å². The lowest BCUT2D eigenvalue weighted by atomic mass is 10.2. The molecule has 0 spiro atoms. The number of nitrogens with one attached hydrogen (secondary N) is 1. The Morgan fingerprint density at radius 1 is 1.12 bits per heavy atom. The highest BCUT2D eigenvalue weighted by Gasteiger charge is 2.14. The summed E-state index contributed by atoms with van der Waals surface area (Å²) in [6.45, 7) is 2.01. The Morgan fingerprint density at radius 2 is 1.80 bits per heavy atom. The van der Waals surface area contributed by atoms with E-state index >= 15 is 0 Å². The molecular weight excluding hydrogens is 363 g/mol. The topological polar surface area (TPSA) is 58.6 Å². The highest BCUT2D eigenvalue weighted by Crippen LogP contribution is 2.25. The van der Waals surface area contributed by atoms with Crippen LogP contribution in [0.1, 0.15) is 17.3 Å². The molecule has 2 aromatic carbocycles. The fourth-order valence-electron chi connectivity index (χ4n) is 2.31. The van der Waals surface area contributed by atoms with Gasteiger partial charge in [-0.3, -0.25) is 9.59 Å². The first kappa shape index (κ1) is 19.1. The maximum absolute atomic E-state index is 12.2. The monoisotopic (exact) mass is 380 g/mol. The molecule has 0 heterocycles. The largest absolute Gasteiger partial charge is 0.497 e. The van der Waals surface area contributed by atoms with Crippen LogP contribution in [0.15, 0.2) is 42.5 Å². The lowest BCUT2D eigenvalue weighted by molar-refractivity contribution is -0.116. The number of halogens is 2. The Bertz CT molecular complexity index is 760. The summed E-state index contributed by atoms with van der Waals surface area (Å²) >= 11 is 12.0. The number of ether oxygens (including phenoxy) is 1. The molecule has 7 heteroatoms. The number of benzene rings is 2. The van der Waals surface area contributed by atoms with Gasteiger partial charge in [0.05, 0.1) is 7.11 Å². The minimum absolute atomic E-state index is 0.172. The van der Waals surface area contributed by atoms with Crippen LogP contribution in [0.4, 0.5) is 5.69 Å². The van der Waals surface area contributed by atoms with Crippen LogP contribution in [0, 0.1) is 0 Å². The van der Waals surface area contributed by atoms with Gasteiger partial charge in [-0.1, -0.05) is 29.3 Å². The highest BCUT2D eigenvalue weighted by atomic mass is 35.5. The molecule has 0 aliphatic carbocycles. The highest BCUT2D eigenvalue weighted by molar-refractivity contribution is 6.35. The van der Waals surface area contributed by atoms with E-state index in [0.29, 0.717) is 33.6 Å². The number of nitrogens with zero attached hydrogens (tertiary/aromatic N) is 1. The van der Waals surface area contributed by atoms with E-state index in [0.717, 1.165) is 0 Å². The standard InChI is InChI=1S/C18H18Cl2N2O3/c1-12(23)22(16-10-14(19)9-15(20)11-16)7-6-21-18(24)13-4-3-5-17(8-13)25-2/h3-5,8-11H,6-7H2,1-2H3,(H,21,24). The SMILES string of the molecule is COc1cccc(C(=O)NCCN(C(C)=O)c2cc(Cl)cc(Cl)c2)c1. The molecule has 0 atom stereocenters. The van der Waals surface area contributed by atoms with Crippen LogP contribution in [0.2, 0.25) is 10.0 Å². The van der Waals surface area contributed by atoms with Crippen LogP contribution in [0.3, 0.4) is 0 Å². The van der Waals surface area contributed by atoms with Crippen molar-refractivity contribution >= 4 is 40.7 Å². The predicted molar refractivity (Wildman–Crippen MR) is 99.8 cm³/mol. The molecule has 132 valence electrons. The van der Waals surface area contributed by atoms with E-state index in [1.165, 1.54) is 18.9 Å². The van der Waals surface area contributed by atoms with Crippen molar-refractivity contribution in [1.29, 1.82) is 0 Å². The summed E-state index contributed by atoms with van der Waals surface area (Å²) in [5, 5.41) is 3.66. The number of anilines is 1. The predicted octanol–water partition coefficient (Wildman–Crippen LogP) is 3.78. The normalized spacial score (nSPS) is 10.2. The van der Waals surface area contributed by atoms with Gasteiger partial charge in [-0.15, -0.1) is 0 Å². The van der Waals surface area contributed by atoms with Gasteiger partial charge in [0.15, 0.2) is 0 Å². The van der Waals surface area contributed by atoms with E-state index < -0.39 is 0 Å². The third-order valence-electron chi connectivity index (χ3n) is 3.49. The summed E-state index contributed by atoms with van der Waals surface area (Å²) in [5.74, 6) is 0.187. The van der Waals surface area contributed by atoms with Gasteiger partial charge in [-0.2, -0.15) is 0 Å². The first-order chi connectivity index (χ1) is 11.9. The molecule has 2 rings (SSSR count). The molecule has 0 saturated carbocycles. The molecule has 0 aromatic heterocycles. The molecule has 1 N–H and O–H groups in total. The van der Waals surface area contributed by atoms with Gasteiger partial charge in [0, 0.05) is 41.3 Å². The number of hydrogen-bond acceptors (Lipinski definition) is 3. The van der Waals surface area contributed by atoms with E-state index in [4.69, 9.17) is 27.9 Å². The lowest BCUT2D eigenvalue weighted by Gasteiger charge is -2.22. The Balaban J connectivity index is 2.01. The van der Waals surface area contributed by atoms with Gasteiger partial charge in [-0.05, 0) is 36.4 Å². The Kier molecular flexibility index (Phi) is 6.67. The summed E-state index contributed by atoms with van der Waals surface area (Å²) in [7, 11) is 1.54. The summed E-state index contributed by atoms with van der Waals surface area (Å²) in [6, 6.07) is 11.7. The zero-order valence-electron chi connectivity index (χ0n) is 13.9. The van der Waals surface area contributed by atoms with Crippen LogP contribution < -0.4 is 15.0 Å². The smallest absolute Gasteiger partial charge is 0.251 e. The summed E-state index contributed by atoms with van der Waals surface area (Å²) in [5.41, 5.74) is 1.07. The molecule has 0 bridgehead atoms. The maximum Gasteiger partial charge on any atom is 0.251 e. The minimum Gasteiger partial charge on any atom is -0.497 e. The third kappa shape index (κ3) is 5.37. The fraction of sp³-hybridized carbons (Fsp3) is 0.222. The number of carbonyl (C=O) groups is 2. The Labute approximate surface area is 156 Å². The van der Waals surface area contributed by atoms with Crippen LogP contribution in [0.25, 0.3) is 0 Å². The lowest BCUT2D eigenvalue weighted by Crippen LogP contribution is -2.37. The third-order valence-corrected chi connectivity index (χ3v) is 3.93. The molecule has 5 nitrogen and oxygen atoms in total. The molecule has 0 saturated heterocycles. The number of methoxy groups -OCH3 is 1. The van der Waals surface area contributed by atoms with Gasteiger partial charge < -0.3 is 15.0 Å². The van der Waals surface area contributed by atoms with Gasteiger partial charge in [0.2, 0.25) is 5.91 Å². The average Bonchev–Trinajstić information content (AvgIpc) is 2.57. The van der Waals surface area contributed by atoms with Gasteiger partial charge in [-0.25, -0.2) is 0 Å². The van der Waals surface area contributed by atoms with Gasteiger partial charge in [0.1, 0.15) is 5.75 Å². The molecule has 2 aromatic rings. The van der Waals surface area contributed by atoms with Crippen molar-refractivity contribution in [3.05, 3.63) is 58.1 Å². The second-order valence-electron chi connectivity index (χ2n) is 5.29. The quantitative estimate of drug-likeness (QED) is 0.829. The van der Waals surface area contributed by atoms with Crippen molar-refractivity contribution < 1.29 is 14.3 Å². The van der Waals surface area contributed by atoms with E-state index in [1.54, 1.807) is 42.5 Å². The zero-order valence-corrected chi connectivity index (χ0v) is 15.4. The van der Waals surface area contributed by atoms with Crippen LogP contribution in [0.5, 0.6) is 5.75 Å². The van der Waals surface area contributed by atoms with Gasteiger partial charge >= 0.3 is 0 Å².